The Kier molecular flexibility index (Phi) is 5.22. The number of benzene rings is 2. The van der Waals surface area contributed by atoms with Crippen molar-refractivity contribution in [2.24, 2.45) is 0 Å². The van der Waals surface area contributed by atoms with Crippen molar-refractivity contribution in [1.29, 1.82) is 0 Å². The molecule has 0 atom stereocenters. The molecule has 0 bridgehead atoms. The van der Waals surface area contributed by atoms with Gasteiger partial charge in [-0.05, 0) is 29.3 Å². The lowest BCUT2D eigenvalue weighted by molar-refractivity contribution is 0.0695. The summed E-state index contributed by atoms with van der Waals surface area (Å²) in [5, 5.41) is 9.36. The number of aromatic nitrogens is 2. The Bertz CT molecular complexity index is 918. The summed E-state index contributed by atoms with van der Waals surface area (Å²) < 4.78 is 12.6. The molecule has 3 rings (SSSR count). The normalized spacial score (nSPS) is 10.5. The number of nitrogens with zero attached hydrogens (tertiary/aromatic N) is 2. The zero-order chi connectivity index (χ0) is 18.5. The van der Waals surface area contributed by atoms with Crippen molar-refractivity contribution < 1.29 is 19.4 Å². The molecule has 1 N–H and O–H groups in total. The molecule has 0 fully saturated rings. The summed E-state index contributed by atoms with van der Waals surface area (Å²) in [4.78, 5) is 15.8. The number of ether oxygens (including phenoxy) is 2. The summed E-state index contributed by atoms with van der Waals surface area (Å²) in [5.41, 5.74) is 2.08. The molecule has 6 nitrogen and oxygen atoms in total. The second kappa shape index (κ2) is 7.74. The van der Waals surface area contributed by atoms with Gasteiger partial charge in [0.25, 0.3) is 0 Å². The van der Waals surface area contributed by atoms with Crippen molar-refractivity contribution in [2.75, 3.05) is 14.2 Å². The van der Waals surface area contributed by atoms with Gasteiger partial charge in [-0.2, -0.15) is 0 Å². The van der Waals surface area contributed by atoms with Gasteiger partial charge in [0.05, 0.1) is 19.8 Å². The van der Waals surface area contributed by atoms with Gasteiger partial charge in [0.1, 0.15) is 5.82 Å². The molecule has 0 spiro atoms. The lowest BCUT2D eigenvalue weighted by atomic mass is 10.1. The first-order valence-electron chi connectivity index (χ1n) is 8.14. The number of imidazole rings is 1. The van der Waals surface area contributed by atoms with Crippen LogP contribution in [0.4, 0.5) is 0 Å². The molecule has 134 valence electrons. The average molecular weight is 352 g/mol. The van der Waals surface area contributed by atoms with Crippen LogP contribution in [0.3, 0.4) is 0 Å². The molecular weight excluding hydrogens is 332 g/mol. The summed E-state index contributed by atoms with van der Waals surface area (Å²) in [6, 6.07) is 12.8. The first-order chi connectivity index (χ1) is 12.6. The number of carbonyl (C=O) groups is 1. The van der Waals surface area contributed by atoms with Gasteiger partial charge < -0.3 is 19.1 Å². The van der Waals surface area contributed by atoms with E-state index >= 15 is 0 Å². The highest BCUT2D eigenvalue weighted by molar-refractivity contribution is 5.89. The Balaban J connectivity index is 1.85. The van der Waals surface area contributed by atoms with Crippen LogP contribution in [-0.2, 0) is 13.0 Å². The lowest BCUT2D eigenvalue weighted by Gasteiger charge is -2.12. The van der Waals surface area contributed by atoms with Crippen molar-refractivity contribution in [3.8, 4) is 11.5 Å². The van der Waals surface area contributed by atoms with E-state index in [-0.39, 0.29) is 0 Å². The highest BCUT2D eigenvalue weighted by atomic mass is 16.5. The average Bonchev–Trinajstić information content (AvgIpc) is 3.08. The molecule has 0 aliphatic heterocycles. The van der Waals surface area contributed by atoms with E-state index < -0.39 is 5.97 Å². The zero-order valence-electron chi connectivity index (χ0n) is 14.7. The fraction of sp³-hybridized carbons (Fsp3) is 0.200. The smallest absolute Gasteiger partial charge is 0.336 e. The lowest BCUT2D eigenvalue weighted by Crippen LogP contribution is -2.09. The van der Waals surface area contributed by atoms with E-state index in [1.54, 1.807) is 32.5 Å². The van der Waals surface area contributed by atoms with Gasteiger partial charge in [-0.1, -0.05) is 24.3 Å². The zero-order valence-corrected chi connectivity index (χ0v) is 14.7. The molecule has 3 aromatic rings. The standard InChI is InChI=1S/C20H20N2O4/c1-25-17-8-7-14(11-18(17)26-2)12-19-21-9-10-22(19)13-15-5-3-4-6-16(15)20(23)24/h3-11H,12-13H2,1-2H3,(H,23,24). The quantitative estimate of drug-likeness (QED) is 0.707. The molecule has 0 aliphatic rings. The molecule has 6 heteroatoms. The van der Waals surface area contributed by atoms with E-state index in [9.17, 15) is 9.90 Å². The molecule has 1 heterocycles. The van der Waals surface area contributed by atoms with Crippen molar-refractivity contribution in [3.05, 3.63) is 77.4 Å². The SMILES string of the molecule is COc1ccc(Cc2nccn2Cc2ccccc2C(=O)O)cc1OC. The number of carboxylic acid groups (broad SMARTS) is 1. The van der Waals surface area contributed by atoms with Gasteiger partial charge in [0.15, 0.2) is 11.5 Å². The maximum atomic E-state index is 11.4. The predicted octanol–water partition coefficient (Wildman–Crippen LogP) is 3.24. The van der Waals surface area contributed by atoms with Gasteiger partial charge >= 0.3 is 5.97 Å². The number of hydrogen-bond acceptors (Lipinski definition) is 4. The van der Waals surface area contributed by atoms with Gasteiger partial charge in [-0.25, -0.2) is 9.78 Å². The molecule has 0 aliphatic carbocycles. The number of rotatable bonds is 7. The molecule has 0 saturated heterocycles. The molecule has 2 aromatic carbocycles. The molecule has 0 unspecified atom stereocenters. The van der Waals surface area contributed by atoms with Crippen LogP contribution < -0.4 is 9.47 Å². The predicted molar refractivity (Wildman–Crippen MR) is 97.1 cm³/mol. The van der Waals surface area contributed by atoms with Gasteiger partial charge in [-0.15, -0.1) is 0 Å². The second-order valence-corrected chi connectivity index (χ2v) is 5.80. The van der Waals surface area contributed by atoms with E-state index in [1.165, 1.54) is 0 Å². The minimum Gasteiger partial charge on any atom is -0.493 e. The number of carboxylic acids is 1. The van der Waals surface area contributed by atoms with Crippen LogP contribution >= 0.6 is 0 Å². The molecule has 0 radical (unpaired) electrons. The van der Waals surface area contributed by atoms with Crippen LogP contribution in [0.2, 0.25) is 0 Å². The topological polar surface area (TPSA) is 73.6 Å². The third kappa shape index (κ3) is 3.69. The Morgan fingerprint density at radius 2 is 1.88 bits per heavy atom. The Morgan fingerprint density at radius 3 is 2.62 bits per heavy atom. The number of hydrogen-bond donors (Lipinski definition) is 1. The number of aromatic carboxylic acids is 1. The summed E-state index contributed by atoms with van der Waals surface area (Å²) >= 11 is 0. The van der Waals surface area contributed by atoms with Crippen molar-refractivity contribution in [1.82, 2.24) is 9.55 Å². The molecular formula is C20H20N2O4. The Hall–Kier alpha value is -3.28. The van der Waals surface area contributed by atoms with Gasteiger partial charge in [-0.3, -0.25) is 0 Å². The molecule has 1 aromatic heterocycles. The van der Waals surface area contributed by atoms with E-state index in [4.69, 9.17) is 9.47 Å². The molecule has 0 saturated carbocycles. The monoisotopic (exact) mass is 352 g/mol. The maximum Gasteiger partial charge on any atom is 0.336 e. The van der Waals surface area contributed by atoms with Crippen LogP contribution in [-0.4, -0.2) is 34.8 Å². The van der Waals surface area contributed by atoms with E-state index in [2.05, 4.69) is 4.98 Å². The summed E-state index contributed by atoms with van der Waals surface area (Å²) in [7, 11) is 3.20. The van der Waals surface area contributed by atoms with E-state index in [0.717, 1.165) is 17.0 Å². The van der Waals surface area contributed by atoms with Crippen LogP contribution in [0.1, 0.15) is 27.3 Å². The van der Waals surface area contributed by atoms with Crippen LogP contribution in [0, 0.1) is 0 Å². The second-order valence-electron chi connectivity index (χ2n) is 5.80. The van der Waals surface area contributed by atoms with Crippen LogP contribution in [0.25, 0.3) is 0 Å². The third-order valence-electron chi connectivity index (χ3n) is 4.20. The molecule has 0 amide bonds. The minimum atomic E-state index is -0.929. The first kappa shape index (κ1) is 17.5. The van der Waals surface area contributed by atoms with E-state index in [1.807, 2.05) is 41.1 Å². The highest BCUT2D eigenvalue weighted by Gasteiger charge is 2.12. The van der Waals surface area contributed by atoms with Crippen LogP contribution in [0.5, 0.6) is 11.5 Å². The highest BCUT2D eigenvalue weighted by Crippen LogP contribution is 2.28. The summed E-state index contributed by atoms with van der Waals surface area (Å²) in [6.07, 6.45) is 4.18. The van der Waals surface area contributed by atoms with Crippen molar-refractivity contribution in [2.45, 2.75) is 13.0 Å². The largest absolute Gasteiger partial charge is 0.493 e. The third-order valence-corrected chi connectivity index (χ3v) is 4.20. The van der Waals surface area contributed by atoms with Crippen molar-refractivity contribution >= 4 is 5.97 Å². The van der Waals surface area contributed by atoms with Crippen molar-refractivity contribution in [3.63, 3.8) is 0 Å². The fourth-order valence-corrected chi connectivity index (χ4v) is 2.87. The maximum absolute atomic E-state index is 11.4. The Labute approximate surface area is 151 Å². The van der Waals surface area contributed by atoms with Crippen LogP contribution in [0.15, 0.2) is 54.9 Å². The number of methoxy groups -OCH3 is 2. The van der Waals surface area contributed by atoms with Gasteiger partial charge in [0, 0.05) is 25.4 Å². The fourth-order valence-electron chi connectivity index (χ4n) is 2.87. The Morgan fingerprint density at radius 1 is 1.12 bits per heavy atom. The first-order valence-corrected chi connectivity index (χ1v) is 8.14. The minimum absolute atomic E-state index is 0.304. The van der Waals surface area contributed by atoms with Gasteiger partial charge in [0.2, 0.25) is 0 Å². The summed E-state index contributed by atoms with van der Waals surface area (Å²) in [5.74, 6) is 1.26. The molecule has 26 heavy (non-hydrogen) atoms. The summed E-state index contributed by atoms with van der Waals surface area (Å²) in [6.45, 7) is 0.450. The van der Waals surface area contributed by atoms with E-state index in [0.29, 0.717) is 30.0 Å².